The van der Waals surface area contributed by atoms with Gasteiger partial charge in [0.15, 0.2) is 0 Å². The van der Waals surface area contributed by atoms with E-state index in [4.69, 9.17) is 0 Å². The third-order valence-electron chi connectivity index (χ3n) is 11.2. The molecule has 32 heavy (non-hydrogen) atoms. The first-order valence-electron chi connectivity index (χ1n) is 15.0. The Hall–Kier alpha value is -0.120. The molecule has 3 heteroatoms. The Balaban J connectivity index is 1.09. The summed E-state index contributed by atoms with van der Waals surface area (Å²) in [5.74, 6) is 2.00. The monoisotopic (exact) mass is 441 g/mol. The zero-order chi connectivity index (χ0) is 21.5. The number of hydrogen-bond donors (Lipinski definition) is 0. The summed E-state index contributed by atoms with van der Waals surface area (Å²) in [7, 11) is 0. The molecule has 0 aromatic carbocycles. The predicted octanol–water partition coefficient (Wildman–Crippen LogP) is 6.07. The second-order valence-electron chi connectivity index (χ2n) is 12.9. The lowest BCUT2D eigenvalue weighted by Crippen LogP contribution is -2.55. The molecular formula is C29H51N3. The highest BCUT2D eigenvalue weighted by Crippen LogP contribution is 2.43. The molecule has 0 aromatic rings. The summed E-state index contributed by atoms with van der Waals surface area (Å²) in [4.78, 5) is 8.96. The van der Waals surface area contributed by atoms with Crippen LogP contribution in [0.15, 0.2) is 0 Å². The van der Waals surface area contributed by atoms with E-state index in [-0.39, 0.29) is 0 Å². The fraction of sp³-hybridized carbons (Fsp3) is 1.00. The van der Waals surface area contributed by atoms with E-state index in [1.165, 1.54) is 129 Å². The van der Waals surface area contributed by atoms with Gasteiger partial charge in [0, 0.05) is 36.3 Å². The van der Waals surface area contributed by atoms with Crippen molar-refractivity contribution in [1.82, 2.24) is 14.7 Å². The molecule has 6 aliphatic heterocycles. The van der Waals surface area contributed by atoms with Crippen LogP contribution in [0.2, 0.25) is 0 Å². The van der Waals surface area contributed by atoms with Crippen molar-refractivity contribution in [3.63, 3.8) is 0 Å². The van der Waals surface area contributed by atoms with Crippen LogP contribution in [0, 0.1) is 11.8 Å². The Morgan fingerprint density at radius 1 is 0.562 bits per heavy atom. The molecule has 0 amide bonds. The smallest absolute Gasteiger partial charge is 0.0127 e. The Labute approximate surface area is 198 Å². The van der Waals surface area contributed by atoms with E-state index in [1.54, 1.807) is 0 Å². The number of piperidine rings is 3. The molecule has 0 radical (unpaired) electrons. The van der Waals surface area contributed by atoms with Crippen molar-refractivity contribution < 1.29 is 0 Å². The molecule has 6 fully saturated rings. The predicted molar refractivity (Wildman–Crippen MR) is 134 cm³/mol. The second-order valence-corrected chi connectivity index (χ2v) is 12.9. The molecule has 3 nitrogen and oxygen atoms in total. The highest BCUT2D eigenvalue weighted by atomic mass is 15.2. The molecule has 6 rings (SSSR count). The summed E-state index contributed by atoms with van der Waals surface area (Å²) in [6, 6.07) is 5.51. The van der Waals surface area contributed by atoms with Gasteiger partial charge in [0.25, 0.3) is 0 Å². The molecule has 0 spiro atoms. The minimum absolute atomic E-state index is 0.857. The maximum Gasteiger partial charge on any atom is 0.0127 e. The van der Waals surface area contributed by atoms with Crippen LogP contribution in [0.3, 0.4) is 0 Å². The van der Waals surface area contributed by atoms with E-state index in [9.17, 15) is 0 Å². The van der Waals surface area contributed by atoms with Gasteiger partial charge in [0.05, 0.1) is 0 Å². The average Bonchev–Trinajstić information content (AvgIpc) is 3.36. The number of rotatable bonds is 4. The largest absolute Gasteiger partial charge is 0.298 e. The molecule has 0 aromatic heterocycles. The van der Waals surface area contributed by atoms with Crippen LogP contribution >= 0.6 is 0 Å². The standard InChI is InChI=1S/C29H51N3/c1-22-14-15-28-20-23(7-4-16-30(22)28)19-26-11-3-13-29-24(8-5-18-32(26)29)21-27-10-2-9-25-12-6-17-31(25)27/h22-29H,2-21H2,1H3. The summed E-state index contributed by atoms with van der Waals surface area (Å²) in [6.45, 7) is 6.70. The van der Waals surface area contributed by atoms with Crippen LogP contribution in [-0.2, 0) is 0 Å². The summed E-state index contributed by atoms with van der Waals surface area (Å²) < 4.78 is 0. The lowest BCUT2D eigenvalue weighted by molar-refractivity contribution is -0.0128. The normalized spacial score (nSPS) is 46.4. The number of fused-ring (bicyclic) bond motifs is 3. The Morgan fingerprint density at radius 2 is 1.28 bits per heavy atom. The van der Waals surface area contributed by atoms with Gasteiger partial charge in [-0.15, -0.1) is 0 Å². The molecule has 0 aliphatic carbocycles. The molecular weight excluding hydrogens is 390 g/mol. The van der Waals surface area contributed by atoms with Crippen LogP contribution in [0.5, 0.6) is 0 Å². The summed E-state index contributed by atoms with van der Waals surface area (Å²) in [6.07, 6.45) is 25.5. The minimum Gasteiger partial charge on any atom is -0.298 e. The van der Waals surface area contributed by atoms with Crippen molar-refractivity contribution in [2.45, 2.75) is 152 Å². The highest BCUT2D eigenvalue weighted by molar-refractivity contribution is 4.97. The van der Waals surface area contributed by atoms with Crippen LogP contribution < -0.4 is 0 Å². The fourth-order valence-electron chi connectivity index (χ4n) is 9.73. The summed E-state index contributed by atoms with van der Waals surface area (Å²) in [5, 5.41) is 0. The first-order chi connectivity index (χ1) is 15.8. The Morgan fingerprint density at radius 3 is 2.22 bits per heavy atom. The van der Waals surface area contributed by atoms with E-state index < -0.39 is 0 Å². The van der Waals surface area contributed by atoms with Gasteiger partial charge in [0.1, 0.15) is 0 Å². The Bertz CT molecular complexity index is 622. The van der Waals surface area contributed by atoms with Gasteiger partial charge in [-0.05, 0) is 135 Å². The maximum absolute atomic E-state index is 3.10. The molecule has 8 unspecified atom stereocenters. The van der Waals surface area contributed by atoms with Gasteiger partial charge in [-0.1, -0.05) is 12.8 Å². The number of hydrogen-bond acceptors (Lipinski definition) is 3. The van der Waals surface area contributed by atoms with Gasteiger partial charge in [-0.2, -0.15) is 0 Å². The van der Waals surface area contributed by atoms with Crippen LogP contribution in [0.4, 0.5) is 0 Å². The lowest BCUT2D eigenvalue weighted by atomic mass is 9.75. The zero-order valence-electron chi connectivity index (χ0n) is 21.1. The fourth-order valence-corrected chi connectivity index (χ4v) is 9.73. The first kappa shape index (κ1) is 22.4. The third kappa shape index (κ3) is 4.44. The maximum atomic E-state index is 3.10. The van der Waals surface area contributed by atoms with Crippen molar-refractivity contribution in [3.8, 4) is 0 Å². The zero-order valence-corrected chi connectivity index (χ0v) is 21.1. The average molecular weight is 442 g/mol. The van der Waals surface area contributed by atoms with Crippen molar-refractivity contribution in [1.29, 1.82) is 0 Å². The van der Waals surface area contributed by atoms with Crippen molar-refractivity contribution in [2.24, 2.45) is 11.8 Å². The van der Waals surface area contributed by atoms with Crippen LogP contribution in [0.1, 0.15) is 116 Å². The molecule has 8 atom stereocenters. The van der Waals surface area contributed by atoms with E-state index in [1.807, 2.05) is 0 Å². The van der Waals surface area contributed by atoms with Crippen LogP contribution in [0.25, 0.3) is 0 Å². The molecule has 6 heterocycles. The molecule has 0 bridgehead atoms. The van der Waals surface area contributed by atoms with Crippen molar-refractivity contribution in [3.05, 3.63) is 0 Å². The first-order valence-corrected chi connectivity index (χ1v) is 15.0. The molecule has 6 aliphatic rings. The lowest BCUT2D eigenvalue weighted by Gasteiger charge is -2.51. The summed E-state index contributed by atoms with van der Waals surface area (Å²) in [5.41, 5.74) is 0. The quantitative estimate of drug-likeness (QED) is 0.524. The van der Waals surface area contributed by atoms with Crippen molar-refractivity contribution in [2.75, 3.05) is 19.6 Å². The Kier molecular flexibility index (Phi) is 6.89. The molecule has 182 valence electrons. The number of nitrogens with zero attached hydrogens (tertiary/aromatic N) is 3. The van der Waals surface area contributed by atoms with E-state index in [2.05, 4.69) is 21.6 Å². The minimum atomic E-state index is 0.857. The molecule has 6 saturated heterocycles. The van der Waals surface area contributed by atoms with Gasteiger partial charge in [-0.3, -0.25) is 14.7 Å². The SMILES string of the molecule is CC1CCC2CC(CC3CCCC4C(CC5CCCC6CCCN65)CCCN34)CCCN12. The van der Waals surface area contributed by atoms with E-state index >= 15 is 0 Å². The molecule has 0 saturated carbocycles. The summed E-state index contributed by atoms with van der Waals surface area (Å²) >= 11 is 0. The van der Waals surface area contributed by atoms with Crippen LogP contribution in [-0.4, -0.2) is 70.6 Å². The van der Waals surface area contributed by atoms with E-state index in [0.29, 0.717) is 0 Å². The third-order valence-corrected chi connectivity index (χ3v) is 11.2. The topological polar surface area (TPSA) is 9.72 Å². The highest BCUT2D eigenvalue weighted by Gasteiger charge is 2.42. The van der Waals surface area contributed by atoms with Gasteiger partial charge in [0.2, 0.25) is 0 Å². The van der Waals surface area contributed by atoms with Gasteiger partial charge < -0.3 is 0 Å². The van der Waals surface area contributed by atoms with Gasteiger partial charge in [-0.25, -0.2) is 0 Å². The molecule has 0 N–H and O–H groups in total. The van der Waals surface area contributed by atoms with Crippen molar-refractivity contribution >= 4 is 0 Å². The van der Waals surface area contributed by atoms with E-state index in [0.717, 1.165) is 48.1 Å². The van der Waals surface area contributed by atoms with Gasteiger partial charge >= 0.3 is 0 Å². The second kappa shape index (κ2) is 9.86.